The number of aliphatic carboxylic acids is 1. The van der Waals surface area contributed by atoms with E-state index in [-0.39, 0.29) is 24.9 Å². The Morgan fingerprint density at radius 2 is 1.77 bits per heavy atom. The van der Waals surface area contributed by atoms with E-state index in [1.165, 1.54) is 24.8 Å². The minimum atomic E-state index is -0.937. The van der Waals surface area contributed by atoms with Gasteiger partial charge in [0.25, 0.3) is 5.91 Å². The molecule has 1 atom stereocenters. The van der Waals surface area contributed by atoms with Crippen LogP contribution < -0.4 is 10.6 Å². The Kier molecular flexibility index (Phi) is 8.08. The molecule has 7 nitrogen and oxygen atoms in total. The van der Waals surface area contributed by atoms with Crippen molar-refractivity contribution in [2.45, 2.75) is 51.5 Å². The van der Waals surface area contributed by atoms with Gasteiger partial charge in [-0.15, -0.1) is 0 Å². The Hall–Kier alpha value is -3.32. The maximum absolute atomic E-state index is 12.3. The number of carboxylic acid groups (broad SMARTS) is 1. The van der Waals surface area contributed by atoms with E-state index in [9.17, 15) is 9.59 Å². The van der Waals surface area contributed by atoms with Crippen LogP contribution in [0.1, 0.15) is 66.2 Å². The van der Waals surface area contributed by atoms with E-state index in [4.69, 9.17) is 21.8 Å². The molecular formula is C27H31ClN4O3. The predicted molar refractivity (Wildman–Crippen MR) is 137 cm³/mol. The highest BCUT2D eigenvalue weighted by atomic mass is 35.5. The third-order valence-electron chi connectivity index (χ3n) is 6.58. The number of aryl methyl sites for hydroxylation is 1. The molecule has 3 aromatic rings. The molecule has 1 heterocycles. The molecular weight excluding hydrogens is 464 g/mol. The van der Waals surface area contributed by atoms with Gasteiger partial charge in [-0.3, -0.25) is 9.59 Å². The lowest BCUT2D eigenvalue weighted by atomic mass is 9.81. The number of carbonyl (C=O) groups is 2. The Bertz CT molecular complexity index is 1150. The Morgan fingerprint density at radius 1 is 1.09 bits per heavy atom. The number of carboxylic acids is 1. The SMILES string of the molecule is Cc1nn(-c2ccc(Cl)cc2)cc1C(Nc1ccc(C(=O)NCCC(=O)O)cc1)C1CCCCC1. The second-order valence-electron chi connectivity index (χ2n) is 9.09. The number of rotatable bonds is 9. The van der Waals surface area contributed by atoms with E-state index in [1.807, 2.05) is 48.0 Å². The zero-order valence-corrected chi connectivity index (χ0v) is 20.6. The van der Waals surface area contributed by atoms with E-state index in [1.54, 1.807) is 12.1 Å². The summed E-state index contributed by atoms with van der Waals surface area (Å²) in [5.41, 5.74) is 4.55. The van der Waals surface area contributed by atoms with Crippen LogP contribution in [0.3, 0.4) is 0 Å². The largest absolute Gasteiger partial charge is 0.481 e. The average Bonchev–Trinajstić information content (AvgIpc) is 3.24. The normalized spacial score (nSPS) is 14.9. The molecule has 8 heteroatoms. The number of hydrogen-bond donors (Lipinski definition) is 3. The molecule has 0 aliphatic heterocycles. The van der Waals surface area contributed by atoms with E-state index >= 15 is 0 Å². The first kappa shape index (κ1) is 24.8. The summed E-state index contributed by atoms with van der Waals surface area (Å²) in [6.07, 6.45) is 8.05. The van der Waals surface area contributed by atoms with Gasteiger partial charge in [0.05, 0.1) is 23.8 Å². The van der Waals surface area contributed by atoms with Crippen molar-refractivity contribution in [3.8, 4) is 5.69 Å². The molecule has 0 bridgehead atoms. The highest BCUT2D eigenvalue weighted by Crippen LogP contribution is 2.38. The second kappa shape index (κ2) is 11.4. The lowest BCUT2D eigenvalue weighted by Crippen LogP contribution is -2.26. The quantitative estimate of drug-likeness (QED) is 0.351. The number of halogens is 1. The number of amides is 1. The summed E-state index contributed by atoms with van der Waals surface area (Å²) in [6, 6.07) is 15.1. The summed E-state index contributed by atoms with van der Waals surface area (Å²) in [5, 5.41) is 20.6. The van der Waals surface area contributed by atoms with Gasteiger partial charge in [0.2, 0.25) is 0 Å². The average molecular weight is 495 g/mol. The van der Waals surface area contributed by atoms with Crippen molar-refractivity contribution < 1.29 is 14.7 Å². The standard InChI is InChI=1S/C27H31ClN4O3/c1-18-24(17-32(31-18)23-13-9-21(28)10-14-23)26(19-5-3-2-4-6-19)30-22-11-7-20(8-12-22)27(35)29-16-15-25(33)34/h7-14,17,19,26,30H,2-6,15-16H2,1H3,(H,29,35)(H,33,34). The van der Waals surface area contributed by atoms with Crippen LogP contribution in [0.5, 0.6) is 0 Å². The number of nitrogens with zero attached hydrogens (tertiary/aromatic N) is 2. The van der Waals surface area contributed by atoms with E-state index in [0.717, 1.165) is 29.9 Å². The van der Waals surface area contributed by atoms with Gasteiger partial charge < -0.3 is 15.7 Å². The predicted octanol–water partition coefficient (Wildman–Crippen LogP) is 5.77. The molecule has 184 valence electrons. The lowest BCUT2D eigenvalue weighted by Gasteiger charge is -2.31. The Morgan fingerprint density at radius 3 is 2.43 bits per heavy atom. The first-order chi connectivity index (χ1) is 16.9. The minimum absolute atomic E-state index is 0.0997. The summed E-state index contributed by atoms with van der Waals surface area (Å²) in [6.45, 7) is 2.15. The van der Waals surface area contributed by atoms with Crippen LogP contribution in [0, 0.1) is 12.8 Å². The van der Waals surface area contributed by atoms with Crippen LogP contribution in [0.4, 0.5) is 5.69 Å². The van der Waals surface area contributed by atoms with Crippen molar-refractivity contribution in [3.05, 3.63) is 76.6 Å². The zero-order chi connectivity index (χ0) is 24.8. The lowest BCUT2D eigenvalue weighted by molar-refractivity contribution is -0.136. The van der Waals surface area contributed by atoms with E-state index in [2.05, 4.69) is 16.8 Å². The van der Waals surface area contributed by atoms with Gasteiger partial charge in [-0.05, 0) is 74.2 Å². The fourth-order valence-electron chi connectivity index (χ4n) is 4.70. The van der Waals surface area contributed by atoms with Crippen molar-refractivity contribution in [1.29, 1.82) is 0 Å². The van der Waals surface area contributed by atoms with Crippen LogP contribution in [-0.2, 0) is 4.79 Å². The van der Waals surface area contributed by atoms with Gasteiger partial charge in [-0.25, -0.2) is 4.68 Å². The number of carbonyl (C=O) groups excluding carboxylic acids is 1. The molecule has 1 aliphatic rings. The molecule has 1 aliphatic carbocycles. The summed E-state index contributed by atoms with van der Waals surface area (Å²) in [7, 11) is 0. The third kappa shape index (κ3) is 6.42. The molecule has 1 aromatic heterocycles. The van der Waals surface area contributed by atoms with Gasteiger partial charge in [-0.2, -0.15) is 5.10 Å². The van der Waals surface area contributed by atoms with Crippen LogP contribution in [0.25, 0.3) is 5.69 Å². The topological polar surface area (TPSA) is 96.3 Å². The van der Waals surface area contributed by atoms with Crippen molar-refractivity contribution in [2.75, 3.05) is 11.9 Å². The molecule has 1 fully saturated rings. The van der Waals surface area contributed by atoms with Gasteiger partial charge >= 0.3 is 5.97 Å². The van der Waals surface area contributed by atoms with Gasteiger partial charge in [0.15, 0.2) is 0 Å². The van der Waals surface area contributed by atoms with Gasteiger partial charge in [-0.1, -0.05) is 30.9 Å². The molecule has 3 N–H and O–H groups in total. The Balaban J connectivity index is 1.54. The molecule has 0 saturated heterocycles. The van der Waals surface area contributed by atoms with E-state index < -0.39 is 5.97 Å². The van der Waals surface area contributed by atoms with Crippen molar-refractivity contribution in [2.24, 2.45) is 5.92 Å². The number of benzene rings is 2. The fourth-order valence-corrected chi connectivity index (χ4v) is 4.83. The van der Waals surface area contributed by atoms with Gasteiger partial charge in [0, 0.05) is 34.6 Å². The second-order valence-corrected chi connectivity index (χ2v) is 9.52. The van der Waals surface area contributed by atoms with Crippen molar-refractivity contribution in [1.82, 2.24) is 15.1 Å². The van der Waals surface area contributed by atoms with Crippen LogP contribution in [0.2, 0.25) is 5.02 Å². The Labute approximate surface area is 210 Å². The molecule has 35 heavy (non-hydrogen) atoms. The molecule has 0 spiro atoms. The van der Waals surface area contributed by atoms with Crippen molar-refractivity contribution in [3.63, 3.8) is 0 Å². The maximum Gasteiger partial charge on any atom is 0.305 e. The smallest absolute Gasteiger partial charge is 0.305 e. The fraction of sp³-hybridized carbons (Fsp3) is 0.370. The highest BCUT2D eigenvalue weighted by Gasteiger charge is 2.28. The number of aromatic nitrogens is 2. The number of hydrogen-bond acceptors (Lipinski definition) is 4. The zero-order valence-electron chi connectivity index (χ0n) is 19.8. The molecule has 1 amide bonds. The minimum Gasteiger partial charge on any atom is -0.481 e. The molecule has 4 rings (SSSR count). The summed E-state index contributed by atoms with van der Waals surface area (Å²) in [5.74, 6) is -0.723. The molecule has 1 unspecified atom stereocenters. The first-order valence-electron chi connectivity index (χ1n) is 12.1. The molecule has 0 radical (unpaired) electrons. The monoisotopic (exact) mass is 494 g/mol. The summed E-state index contributed by atoms with van der Waals surface area (Å²) < 4.78 is 1.91. The first-order valence-corrected chi connectivity index (χ1v) is 12.5. The maximum atomic E-state index is 12.3. The number of anilines is 1. The van der Waals surface area contributed by atoms with Crippen LogP contribution in [0.15, 0.2) is 54.7 Å². The van der Waals surface area contributed by atoms with E-state index in [0.29, 0.717) is 16.5 Å². The van der Waals surface area contributed by atoms with Crippen molar-refractivity contribution >= 4 is 29.2 Å². The highest BCUT2D eigenvalue weighted by molar-refractivity contribution is 6.30. The van der Waals surface area contributed by atoms with Gasteiger partial charge in [0.1, 0.15) is 0 Å². The summed E-state index contributed by atoms with van der Waals surface area (Å²) >= 11 is 6.06. The molecule has 2 aromatic carbocycles. The molecule has 1 saturated carbocycles. The third-order valence-corrected chi connectivity index (χ3v) is 6.83. The number of nitrogens with one attached hydrogen (secondary N) is 2. The summed E-state index contributed by atoms with van der Waals surface area (Å²) in [4.78, 5) is 22.9. The van der Waals surface area contributed by atoms with Crippen LogP contribution in [-0.4, -0.2) is 33.3 Å². The van der Waals surface area contributed by atoms with Crippen LogP contribution >= 0.6 is 11.6 Å².